The summed E-state index contributed by atoms with van der Waals surface area (Å²) in [4.78, 5) is 20.7. The van der Waals surface area contributed by atoms with E-state index in [0.29, 0.717) is 34.0 Å². The molecule has 0 saturated heterocycles. The molecule has 118 valence electrons. The topological polar surface area (TPSA) is 68.0 Å². The second kappa shape index (κ2) is 6.01. The summed E-state index contributed by atoms with van der Waals surface area (Å²) in [6.07, 6.45) is 2.14. The minimum absolute atomic E-state index is 0.424. The van der Waals surface area contributed by atoms with Crippen molar-refractivity contribution in [1.82, 2.24) is 14.5 Å². The molecule has 2 heterocycles. The molecule has 0 amide bonds. The van der Waals surface area contributed by atoms with Gasteiger partial charge in [0.05, 0.1) is 5.02 Å². The molecule has 3 aromatic rings. The van der Waals surface area contributed by atoms with Crippen LogP contribution in [0.25, 0.3) is 22.6 Å². The van der Waals surface area contributed by atoms with Crippen LogP contribution in [0.2, 0.25) is 5.02 Å². The summed E-state index contributed by atoms with van der Waals surface area (Å²) < 4.78 is 1.66. The highest BCUT2D eigenvalue weighted by Gasteiger charge is 2.26. The fraction of sp³-hybridized carbons (Fsp3) is 0.235. The average Bonchev–Trinajstić information content (AvgIpc) is 2.86. The van der Waals surface area contributed by atoms with Crippen LogP contribution >= 0.6 is 11.6 Å². The second-order valence-corrected chi connectivity index (χ2v) is 5.81. The van der Waals surface area contributed by atoms with E-state index in [2.05, 4.69) is 9.97 Å². The van der Waals surface area contributed by atoms with E-state index >= 15 is 0 Å². The molecule has 3 rings (SSSR count). The summed E-state index contributed by atoms with van der Waals surface area (Å²) in [7, 11) is 0. The number of benzene rings is 1. The van der Waals surface area contributed by atoms with Gasteiger partial charge in [-0.1, -0.05) is 30.7 Å². The summed E-state index contributed by atoms with van der Waals surface area (Å²) in [6, 6.07) is 8.43. The lowest BCUT2D eigenvalue weighted by molar-refractivity contribution is -0.140. The Balaban J connectivity index is 2.36. The number of pyridine rings is 1. The predicted molar refractivity (Wildman–Crippen MR) is 89.7 cm³/mol. The van der Waals surface area contributed by atoms with Crippen LogP contribution in [-0.2, 0) is 4.79 Å². The Hall–Kier alpha value is -2.40. The molecule has 1 unspecified atom stereocenters. The molecule has 0 bridgehead atoms. The van der Waals surface area contributed by atoms with Gasteiger partial charge in [0, 0.05) is 11.8 Å². The SMILES string of the molecule is CCC(C(=O)O)n1c(-c2ccccc2Cl)nc2cc(C)cnc21. The molecule has 0 saturated carbocycles. The number of carboxylic acids is 1. The number of aromatic nitrogens is 3. The van der Waals surface area contributed by atoms with Crippen LogP contribution < -0.4 is 0 Å². The summed E-state index contributed by atoms with van der Waals surface area (Å²) >= 11 is 6.30. The molecule has 0 spiro atoms. The van der Waals surface area contributed by atoms with Gasteiger partial charge in [-0.25, -0.2) is 14.8 Å². The third kappa shape index (κ3) is 2.68. The first-order valence-corrected chi connectivity index (χ1v) is 7.73. The van der Waals surface area contributed by atoms with Crippen molar-refractivity contribution in [1.29, 1.82) is 0 Å². The van der Waals surface area contributed by atoms with Crippen molar-refractivity contribution < 1.29 is 9.90 Å². The molecule has 0 aliphatic heterocycles. The van der Waals surface area contributed by atoms with Gasteiger partial charge >= 0.3 is 5.97 Å². The Bertz CT molecular complexity index is 889. The number of fused-ring (bicyclic) bond motifs is 1. The Labute approximate surface area is 138 Å². The lowest BCUT2D eigenvalue weighted by Crippen LogP contribution is -2.19. The molecular formula is C17H16ClN3O2. The molecule has 6 heteroatoms. The number of aryl methyl sites for hydroxylation is 1. The number of aliphatic carboxylic acids is 1. The van der Waals surface area contributed by atoms with E-state index in [0.717, 1.165) is 5.56 Å². The van der Waals surface area contributed by atoms with E-state index in [9.17, 15) is 9.90 Å². The van der Waals surface area contributed by atoms with Crippen LogP contribution in [0, 0.1) is 6.92 Å². The van der Waals surface area contributed by atoms with Gasteiger partial charge in [-0.2, -0.15) is 0 Å². The Morgan fingerprint density at radius 3 is 2.78 bits per heavy atom. The van der Waals surface area contributed by atoms with Crippen LogP contribution in [0.5, 0.6) is 0 Å². The minimum atomic E-state index is -0.914. The molecule has 2 aromatic heterocycles. The molecule has 0 aliphatic carbocycles. The molecule has 23 heavy (non-hydrogen) atoms. The van der Waals surface area contributed by atoms with Crippen molar-refractivity contribution in [3.8, 4) is 11.4 Å². The van der Waals surface area contributed by atoms with Gasteiger partial charge in [0.1, 0.15) is 17.4 Å². The first-order chi connectivity index (χ1) is 11.0. The van der Waals surface area contributed by atoms with Crippen molar-refractivity contribution in [3.63, 3.8) is 0 Å². The van der Waals surface area contributed by atoms with Gasteiger partial charge in [0.15, 0.2) is 5.65 Å². The van der Waals surface area contributed by atoms with Crippen molar-refractivity contribution in [3.05, 3.63) is 47.1 Å². The zero-order chi connectivity index (χ0) is 16.6. The normalized spacial score (nSPS) is 12.5. The number of imidazole rings is 1. The van der Waals surface area contributed by atoms with Crippen LogP contribution in [0.15, 0.2) is 36.5 Å². The first kappa shape index (κ1) is 15.5. The van der Waals surface area contributed by atoms with Gasteiger partial charge in [0.25, 0.3) is 0 Å². The van der Waals surface area contributed by atoms with E-state index in [4.69, 9.17) is 11.6 Å². The molecule has 1 atom stereocenters. The maximum Gasteiger partial charge on any atom is 0.326 e. The van der Waals surface area contributed by atoms with E-state index < -0.39 is 12.0 Å². The largest absolute Gasteiger partial charge is 0.480 e. The predicted octanol–water partition coefficient (Wildman–Crippen LogP) is 4.10. The number of carbonyl (C=O) groups is 1. The van der Waals surface area contributed by atoms with Crippen LogP contribution in [0.3, 0.4) is 0 Å². The van der Waals surface area contributed by atoms with E-state index in [1.54, 1.807) is 16.8 Å². The number of rotatable bonds is 4. The molecule has 1 aromatic carbocycles. The van der Waals surface area contributed by atoms with Crippen LogP contribution in [-0.4, -0.2) is 25.6 Å². The summed E-state index contributed by atoms with van der Waals surface area (Å²) in [6.45, 7) is 3.75. The van der Waals surface area contributed by atoms with Gasteiger partial charge < -0.3 is 5.11 Å². The summed E-state index contributed by atoms with van der Waals surface area (Å²) in [5.41, 5.74) is 2.89. The Morgan fingerprint density at radius 1 is 1.39 bits per heavy atom. The quantitative estimate of drug-likeness (QED) is 0.782. The van der Waals surface area contributed by atoms with Crippen molar-refractivity contribution in [2.45, 2.75) is 26.3 Å². The number of hydrogen-bond donors (Lipinski definition) is 1. The fourth-order valence-corrected chi connectivity index (χ4v) is 2.90. The maximum absolute atomic E-state index is 11.7. The Kier molecular flexibility index (Phi) is 4.05. The lowest BCUT2D eigenvalue weighted by atomic mass is 10.1. The molecule has 0 aliphatic rings. The zero-order valence-corrected chi connectivity index (χ0v) is 13.6. The van der Waals surface area contributed by atoms with Crippen LogP contribution in [0.1, 0.15) is 24.9 Å². The number of nitrogens with zero attached hydrogens (tertiary/aromatic N) is 3. The van der Waals surface area contributed by atoms with Gasteiger partial charge in [-0.05, 0) is 37.1 Å². The Morgan fingerprint density at radius 2 is 2.13 bits per heavy atom. The van der Waals surface area contributed by atoms with Gasteiger partial charge in [-0.15, -0.1) is 0 Å². The van der Waals surface area contributed by atoms with E-state index in [1.165, 1.54) is 0 Å². The maximum atomic E-state index is 11.7. The van der Waals surface area contributed by atoms with Crippen molar-refractivity contribution >= 4 is 28.7 Å². The first-order valence-electron chi connectivity index (χ1n) is 7.35. The van der Waals surface area contributed by atoms with Gasteiger partial charge in [-0.3, -0.25) is 4.57 Å². The highest BCUT2D eigenvalue weighted by molar-refractivity contribution is 6.33. The molecule has 0 fully saturated rings. The number of hydrogen-bond acceptors (Lipinski definition) is 3. The van der Waals surface area contributed by atoms with Crippen LogP contribution in [0.4, 0.5) is 0 Å². The average molecular weight is 330 g/mol. The smallest absolute Gasteiger partial charge is 0.326 e. The highest BCUT2D eigenvalue weighted by Crippen LogP contribution is 2.33. The minimum Gasteiger partial charge on any atom is -0.480 e. The fourth-order valence-electron chi connectivity index (χ4n) is 2.68. The monoisotopic (exact) mass is 329 g/mol. The van der Waals surface area contributed by atoms with Gasteiger partial charge in [0.2, 0.25) is 0 Å². The third-order valence-electron chi connectivity index (χ3n) is 3.76. The number of halogens is 1. The van der Waals surface area contributed by atoms with E-state index in [1.807, 2.05) is 38.1 Å². The second-order valence-electron chi connectivity index (χ2n) is 5.40. The van der Waals surface area contributed by atoms with Crippen molar-refractivity contribution in [2.24, 2.45) is 0 Å². The standard InChI is InChI=1S/C17H16ClN3O2/c1-3-14(17(22)23)21-15(11-6-4-5-7-12(11)18)20-13-8-10(2)9-19-16(13)21/h4-9,14H,3H2,1-2H3,(H,22,23). The highest BCUT2D eigenvalue weighted by atomic mass is 35.5. The third-order valence-corrected chi connectivity index (χ3v) is 4.09. The van der Waals surface area contributed by atoms with Crippen molar-refractivity contribution in [2.75, 3.05) is 0 Å². The summed E-state index contributed by atoms with van der Waals surface area (Å²) in [5.74, 6) is -0.388. The van der Waals surface area contributed by atoms with E-state index in [-0.39, 0.29) is 0 Å². The summed E-state index contributed by atoms with van der Waals surface area (Å²) in [5, 5.41) is 10.1. The molecule has 5 nitrogen and oxygen atoms in total. The lowest BCUT2D eigenvalue weighted by Gasteiger charge is -2.16. The molecule has 0 radical (unpaired) electrons. The molecule has 1 N–H and O–H groups in total. The molecular weight excluding hydrogens is 314 g/mol. The number of carboxylic acid groups (broad SMARTS) is 1. The zero-order valence-electron chi connectivity index (χ0n) is 12.8.